The zero-order valence-electron chi connectivity index (χ0n) is 19.1. The first-order valence-corrected chi connectivity index (χ1v) is 12.3. The quantitative estimate of drug-likeness (QED) is 0.295. The maximum atomic E-state index is 11.9. The van der Waals surface area contributed by atoms with Gasteiger partial charge in [-0.2, -0.15) is 0 Å². The summed E-state index contributed by atoms with van der Waals surface area (Å²) in [6.07, 6.45) is 2.59. The van der Waals surface area contributed by atoms with Gasteiger partial charge < -0.3 is 14.2 Å². The lowest BCUT2D eigenvalue weighted by Crippen LogP contribution is -2.27. The molecule has 0 saturated carbocycles. The van der Waals surface area contributed by atoms with Crippen LogP contribution in [0.15, 0.2) is 72.8 Å². The van der Waals surface area contributed by atoms with Crippen molar-refractivity contribution in [3.8, 4) is 23.0 Å². The molecule has 0 aliphatic carbocycles. The lowest BCUT2D eigenvalue weighted by Gasteiger charge is -2.15. The predicted octanol–water partition coefficient (Wildman–Crippen LogP) is 6.48. The number of nitrogens with zero attached hydrogens (tertiary/aromatic N) is 1. The van der Waals surface area contributed by atoms with Gasteiger partial charge in [-0.05, 0) is 54.4 Å². The Kier molecular flexibility index (Phi) is 8.09. The third kappa shape index (κ3) is 6.11. The molecule has 3 aromatic rings. The molecular weight excluding hydrogens is 450 g/mol. The molecule has 6 nitrogen and oxygen atoms in total. The second kappa shape index (κ2) is 11.6. The van der Waals surface area contributed by atoms with E-state index in [0.29, 0.717) is 31.1 Å². The molecule has 4 rings (SSSR count). The molecule has 0 atom stereocenters. The highest BCUT2D eigenvalue weighted by Gasteiger charge is 2.31. The number of ether oxygens (including phenoxy) is 3. The number of rotatable bonds is 11. The summed E-state index contributed by atoms with van der Waals surface area (Å²) in [7, 11) is 0. The van der Waals surface area contributed by atoms with E-state index >= 15 is 0 Å². The van der Waals surface area contributed by atoms with Crippen molar-refractivity contribution in [2.75, 3.05) is 23.9 Å². The molecule has 0 bridgehead atoms. The Labute approximate surface area is 203 Å². The van der Waals surface area contributed by atoms with Gasteiger partial charge in [0.1, 0.15) is 23.0 Å². The lowest BCUT2D eigenvalue weighted by molar-refractivity contribution is -0.115. The van der Waals surface area contributed by atoms with E-state index in [1.54, 1.807) is 18.2 Å². The summed E-state index contributed by atoms with van der Waals surface area (Å²) in [5.74, 6) is 3.04. The Morgan fingerprint density at radius 3 is 2.41 bits per heavy atom. The molecule has 2 amide bonds. The van der Waals surface area contributed by atoms with E-state index in [0.717, 1.165) is 47.4 Å². The number of para-hydroxylation sites is 1. The molecule has 0 spiro atoms. The van der Waals surface area contributed by atoms with Gasteiger partial charge in [-0.15, -0.1) is 0 Å². The topological polar surface area (TPSA) is 65.1 Å². The predicted molar refractivity (Wildman–Crippen MR) is 134 cm³/mol. The molecule has 0 radical (unpaired) electrons. The normalized spacial score (nSPS) is 13.3. The van der Waals surface area contributed by atoms with Gasteiger partial charge in [0, 0.05) is 12.5 Å². The number of thioether (sulfide) groups is 1. The Balaban J connectivity index is 1.28. The molecule has 0 aromatic heterocycles. The van der Waals surface area contributed by atoms with Crippen LogP contribution in [0.5, 0.6) is 23.0 Å². The van der Waals surface area contributed by atoms with Crippen molar-refractivity contribution in [2.24, 2.45) is 0 Å². The van der Waals surface area contributed by atoms with Crippen molar-refractivity contribution in [3.63, 3.8) is 0 Å². The van der Waals surface area contributed by atoms with Gasteiger partial charge in [0.05, 0.1) is 24.7 Å². The third-order valence-corrected chi connectivity index (χ3v) is 5.99. The molecule has 1 aliphatic rings. The van der Waals surface area contributed by atoms with Gasteiger partial charge in [-0.3, -0.25) is 9.59 Å². The van der Waals surface area contributed by atoms with E-state index < -0.39 is 0 Å². The Morgan fingerprint density at radius 1 is 0.853 bits per heavy atom. The summed E-state index contributed by atoms with van der Waals surface area (Å²) in [5.41, 5.74) is 1.65. The first kappa shape index (κ1) is 23.7. The monoisotopic (exact) mass is 477 g/mol. The number of amides is 2. The summed E-state index contributed by atoms with van der Waals surface area (Å²) >= 11 is 1.01. The highest BCUT2D eigenvalue weighted by Crippen LogP contribution is 2.30. The second-order valence-corrected chi connectivity index (χ2v) is 8.69. The van der Waals surface area contributed by atoms with E-state index in [-0.39, 0.29) is 16.9 Å². The van der Waals surface area contributed by atoms with Crippen LogP contribution in [0, 0.1) is 0 Å². The van der Waals surface area contributed by atoms with Gasteiger partial charge in [-0.1, -0.05) is 49.4 Å². The zero-order valence-corrected chi connectivity index (χ0v) is 19.9. The maximum Gasteiger partial charge on any atom is 0.293 e. The van der Waals surface area contributed by atoms with Crippen LogP contribution >= 0.6 is 11.8 Å². The summed E-state index contributed by atoms with van der Waals surface area (Å²) in [6.45, 7) is 3.10. The van der Waals surface area contributed by atoms with Crippen molar-refractivity contribution in [3.05, 3.63) is 78.4 Å². The molecule has 0 N–H and O–H groups in total. The number of hydrogen-bond donors (Lipinski definition) is 0. The van der Waals surface area contributed by atoms with Crippen LogP contribution < -0.4 is 19.1 Å². The average Bonchev–Trinajstić information content (AvgIpc) is 3.19. The Bertz CT molecular complexity index is 1120. The third-order valence-electron chi connectivity index (χ3n) is 5.17. The van der Waals surface area contributed by atoms with Crippen LogP contribution in [0.4, 0.5) is 10.5 Å². The van der Waals surface area contributed by atoms with Crippen molar-refractivity contribution in [1.29, 1.82) is 0 Å². The van der Waals surface area contributed by atoms with Crippen LogP contribution in [0.25, 0.3) is 0 Å². The molecule has 1 fully saturated rings. The number of hydrogen-bond acceptors (Lipinski definition) is 6. The fraction of sp³-hybridized carbons (Fsp3) is 0.259. The largest absolute Gasteiger partial charge is 0.493 e. The summed E-state index contributed by atoms with van der Waals surface area (Å²) in [5, 5.41) is -0.251. The van der Waals surface area contributed by atoms with Crippen molar-refractivity contribution < 1.29 is 23.8 Å². The van der Waals surface area contributed by atoms with Crippen LogP contribution in [0.1, 0.15) is 25.3 Å². The highest BCUT2D eigenvalue weighted by atomic mass is 32.2. The molecule has 1 aliphatic heterocycles. The summed E-state index contributed by atoms with van der Waals surface area (Å²) in [6, 6.07) is 22.7. The van der Waals surface area contributed by atoms with Gasteiger partial charge in [0.15, 0.2) is 0 Å². The first-order chi connectivity index (χ1) is 16.6. The molecule has 1 heterocycles. The van der Waals surface area contributed by atoms with Gasteiger partial charge in [0.25, 0.3) is 5.24 Å². The number of carbonyl (C=O) groups is 2. The standard InChI is InChI=1S/C27H27NO5S/c1-2-8-20-17-24(33-22-10-4-3-5-11-22)13-14-25(20)32-16-7-15-31-23-12-6-9-21(18-23)28-26(29)19-34-27(28)30/h3-6,9-14,17-18H,2,7-8,15-16,19H2,1H3. The number of benzene rings is 3. The molecule has 3 aromatic carbocycles. The molecule has 1 saturated heterocycles. The minimum Gasteiger partial charge on any atom is -0.493 e. The van der Waals surface area contributed by atoms with Crippen LogP contribution in [-0.4, -0.2) is 30.1 Å². The maximum absolute atomic E-state index is 11.9. The molecule has 34 heavy (non-hydrogen) atoms. The first-order valence-electron chi connectivity index (χ1n) is 11.4. The SMILES string of the molecule is CCCc1cc(Oc2ccccc2)ccc1OCCCOc1cccc(N2C(=O)CSC2=O)c1. The van der Waals surface area contributed by atoms with Crippen LogP contribution in [0.2, 0.25) is 0 Å². The summed E-state index contributed by atoms with van der Waals surface area (Å²) < 4.78 is 17.8. The van der Waals surface area contributed by atoms with Gasteiger partial charge in [0.2, 0.25) is 5.91 Å². The zero-order chi connectivity index (χ0) is 23.8. The highest BCUT2D eigenvalue weighted by molar-refractivity contribution is 8.15. The number of imide groups is 1. The number of carbonyl (C=O) groups excluding carboxylic acids is 2. The molecule has 176 valence electrons. The minimum atomic E-state index is -0.251. The van der Waals surface area contributed by atoms with Gasteiger partial charge in [-0.25, -0.2) is 4.90 Å². The van der Waals surface area contributed by atoms with E-state index in [4.69, 9.17) is 14.2 Å². The van der Waals surface area contributed by atoms with Crippen molar-refractivity contribution in [1.82, 2.24) is 0 Å². The Hall–Kier alpha value is -3.45. The Morgan fingerprint density at radius 2 is 1.65 bits per heavy atom. The smallest absolute Gasteiger partial charge is 0.293 e. The van der Waals surface area contributed by atoms with Crippen molar-refractivity contribution in [2.45, 2.75) is 26.2 Å². The van der Waals surface area contributed by atoms with Crippen LogP contribution in [-0.2, 0) is 11.2 Å². The molecular formula is C27H27NO5S. The van der Waals surface area contributed by atoms with Crippen LogP contribution in [0.3, 0.4) is 0 Å². The van der Waals surface area contributed by atoms with E-state index in [1.165, 1.54) is 4.90 Å². The van der Waals surface area contributed by atoms with E-state index in [1.807, 2.05) is 54.6 Å². The van der Waals surface area contributed by atoms with Gasteiger partial charge >= 0.3 is 0 Å². The fourth-order valence-corrected chi connectivity index (χ4v) is 4.31. The fourth-order valence-electron chi connectivity index (χ4n) is 3.60. The molecule has 0 unspecified atom stereocenters. The average molecular weight is 478 g/mol. The second-order valence-electron chi connectivity index (χ2n) is 7.77. The van der Waals surface area contributed by atoms with E-state index in [2.05, 4.69) is 6.92 Å². The number of aryl methyl sites for hydroxylation is 1. The lowest BCUT2D eigenvalue weighted by atomic mass is 10.1. The molecule has 7 heteroatoms. The van der Waals surface area contributed by atoms with Crippen molar-refractivity contribution >= 4 is 28.6 Å². The van der Waals surface area contributed by atoms with E-state index in [9.17, 15) is 9.59 Å². The minimum absolute atomic E-state index is 0.181. The number of anilines is 1. The summed E-state index contributed by atoms with van der Waals surface area (Å²) in [4.78, 5) is 25.1.